The Bertz CT molecular complexity index is 828. The molecule has 7 heteroatoms. The van der Waals surface area contributed by atoms with Crippen molar-refractivity contribution < 1.29 is 8.42 Å². The second-order valence-electron chi connectivity index (χ2n) is 5.59. The summed E-state index contributed by atoms with van der Waals surface area (Å²) in [5.41, 5.74) is 8.47. The first kappa shape index (κ1) is 18.0. The lowest BCUT2D eigenvalue weighted by molar-refractivity contribution is 0.519. The van der Waals surface area contributed by atoms with Crippen LogP contribution in [0.2, 0.25) is 0 Å². The monoisotopic (exact) mass is 346 g/mol. The van der Waals surface area contributed by atoms with Crippen LogP contribution in [0.5, 0.6) is 0 Å². The number of sulfonamides is 1. The van der Waals surface area contributed by atoms with Gasteiger partial charge in [0.15, 0.2) is 5.96 Å². The fourth-order valence-electron chi connectivity index (χ4n) is 2.08. The highest BCUT2D eigenvalue weighted by Gasteiger charge is 2.20. The van der Waals surface area contributed by atoms with Gasteiger partial charge >= 0.3 is 0 Å². The minimum atomic E-state index is -3.52. The number of nitrogens with two attached hydrogens (primary N) is 1. The number of aliphatic imine (C=N–C) groups is 1. The first-order valence-electron chi connectivity index (χ1n) is 7.45. The van der Waals surface area contributed by atoms with Crippen molar-refractivity contribution in [2.45, 2.75) is 18.4 Å². The molecule has 0 spiro atoms. The summed E-state index contributed by atoms with van der Waals surface area (Å²) in [5, 5.41) is 2.99. The molecule has 0 fully saturated rings. The van der Waals surface area contributed by atoms with E-state index in [0.717, 1.165) is 11.3 Å². The predicted octanol–water partition coefficient (Wildman–Crippen LogP) is 2.17. The highest BCUT2D eigenvalue weighted by molar-refractivity contribution is 7.89. The van der Waals surface area contributed by atoms with Gasteiger partial charge in [-0.1, -0.05) is 35.9 Å². The highest BCUT2D eigenvalue weighted by Crippen LogP contribution is 2.19. The second kappa shape index (κ2) is 7.46. The number of hydrogen-bond donors (Lipinski definition) is 2. The number of nitrogens with one attached hydrogen (secondary N) is 1. The van der Waals surface area contributed by atoms with E-state index in [0.29, 0.717) is 5.56 Å². The van der Waals surface area contributed by atoms with Gasteiger partial charge in [0, 0.05) is 19.8 Å². The molecule has 6 nitrogen and oxygen atoms in total. The van der Waals surface area contributed by atoms with E-state index in [1.54, 1.807) is 24.3 Å². The van der Waals surface area contributed by atoms with Crippen molar-refractivity contribution in [2.75, 3.05) is 19.4 Å². The van der Waals surface area contributed by atoms with E-state index in [4.69, 9.17) is 5.73 Å². The largest absolute Gasteiger partial charge is 0.370 e. The topological polar surface area (TPSA) is 87.8 Å². The van der Waals surface area contributed by atoms with Crippen LogP contribution in [0.25, 0.3) is 0 Å². The van der Waals surface area contributed by atoms with E-state index < -0.39 is 10.0 Å². The summed E-state index contributed by atoms with van der Waals surface area (Å²) in [5.74, 6) is 0.232. The third-order valence-corrected chi connectivity index (χ3v) is 5.39. The summed E-state index contributed by atoms with van der Waals surface area (Å²) in [6.07, 6.45) is 0. The van der Waals surface area contributed by atoms with E-state index in [1.165, 1.54) is 18.4 Å². The molecule has 2 rings (SSSR count). The van der Waals surface area contributed by atoms with Gasteiger partial charge in [-0.25, -0.2) is 17.7 Å². The Labute approximate surface area is 143 Å². The normalized spacial score (nSPS) is 12.4. The summed E-state index contributed by atoms with van der Waals surface area (Å²) in [4.78, 5) is 4.48. The maximum Gasteiger partial charge on any atom is 0.242 e. The van der Waals surface area contributed by atoms with Crippen LogP contribution in [-0.4, -0.2) is 32.8 Å². The molecule has 2 aromatic rings. The maximum absolute atomic E-state index is 12.4. The fraction of sp³-hybridized carbons (Fsp3) is 0.235. The molecule has 0 aliphatic carbocycles. The number of rotatable bonds is 5. The molecule has 0 unspecified atom stereocenters. The Morgan fingerprint density at radius 3 is 2.38 bits per heavy atom. The minimum Gasteiger partial charge on any atom is -0.370 e. The van der Waals surface area contributed by atoms with Crippen molar-refractivity contribution in [1.29, 1.82) is 0 Å². The van der Waals surface area contributed by atoms with Crippen LogP contribution in [0.15, 0.2) is 58.4 Å². The number of benzene rings is 2. The van der Waals surface area contributed by atoms with Gasteiger partial charge in [-0.2, -0.15) is 0 Å². The number of guanidine groups is 1. The molecular formula is C17H22N4O2S. The molecule has 0 atom stereocenters. The van der Waals surface area contributed by atoms with Gasteiger partial charge in [0.05, 0.1) is 11.4 Å². The lowest BCUT2D eigenvalue weighted by atomic mass is 10.2. The molecule has 0 bridgehead atoms. The van der Waals surface area contributed by atoms with Gasteiger partial charge in [0.25, 0.3) is 0 Å². The number of anilines is 1. The van der Waals surface area contributed by atoms with Crippen LogP contribution in [-0.2, 0) is 16.6 Å². The zero-order valence-electron chi connectivity index (χ0n) is 14.0. The van der Waals surface area contributed by atoms with Crippen molar-refractivity contribution in [3.8, 4) is 0 Å². The molecule has 0 saturated carbocycles. The number of nitrogens with zero attached hydrogens (tertiary/aromatic N) is 2. The fourth-order valence-corrected chi connectivity index (χ4v) is 3.19. The third kappa shape index (κ3) is 4.33. The molecule has 2 aromatic carbocycles. The second-order valence-corrected chi connectivity index (χ2v) is 7.71. The summed E-state index contributed by atoms with van der Waals surface area (Å²) in [6, 6.07) is 14.5. The Hall–Kier alpha value is -2.38. The molecule has 128 valence electrons. The lowest BCUT2D eigenvalue weighted by Gasteiger charge is -2.14. The number of aryl methyl sites for hydroxylation is 1. The minimum absolute atomic E-state index is 0.175. The van der Waals surface area contributed by atoms with Crippen molar-refractivity contribution in [3.63, 3.8) is 0 Å². The molecule has 0 aliphatic heterocycles. The summed E-state index contributed by atoms with van der Waals surface area (Å²) >= 11 is 0. The lowest BCUT2D eigenvalue weighted by Crippen LogP contribution is -2.24. The molecular weight excluding hydrogens is 324 g/mol. The molecule has 0 saturated heterocycles. The Balaban J connectivity index is 2.18. The van der Waals surface area contributed by atoms with Crippen molar-refractivity contribution in [2.24, 2.45) is 10.7 Å². The Morgan fingerprint density at radius 2 is 1.75 bits per heavy atom. The van der Waals surface area contributed by atoms with E-state index in [-0.39, 0.29) is 17.4 Å². The van der Waals surface area contributed by atoms with Crippen LogP contribution in [0.1, 0.15) is 11.1 Å². The smallest absolute Gasteiger partial charge is 0.242 e. The van der Waals surface area contributed by atoms with E-state index in [1.807, 2.05) is 31.2 Å². The van der Waals surface area contributed by atoms with Gasteiger partial charge in [-0.3, -0.25) is 0 Å². The Morgan fingerprint density at radius 1 is 1.12 bits per heavy atom. The van der Waals surface area contributed by atoms with Gasteiger partial charge < -0.3 is 11.1 Å². The molecule has 3 N–H and O–H groups in total. The first-order chi connectivity index (χ1) is 11.3. The Kier molecular flexibility index (Phi) is 5.58. The molecule has 0 aromatic heterocycles. The van der Waals surface area contributed by atoms with Crippen LogP contribution in [0.4, 0.5) is 5.69 Å². The highest BCUT2D eigenvalue weighted by atomic mass is 32.2. The third-order valence-electron chi connectivity index (χ3n) is 3.47. The van der Waals surface area contributed by atoms with E-state index >= 15 is 0 Å². The van der Waals surface area contributed by atoms with Crippen LogP contribution in [0, 0.1) is 6.92 Å². The van der Waals surface area contributed by atoms with Crippen molar-refractivity contribution in [1.82, 2.24) is 4.31 Å². The SMILES string of the molecule is Cc1ccc(NC(N)=NCc2ccccc2S(=O)(=O)N(C)C)cc1. The molecule has 0 radical (unpaired) electrons. The maximum atomic E-state index is 12.4. The standard InChI is InChI=1S/C17H22N4O2S/c1-13-8-10-15(11-9-13)20-17(18)19-12-14-6-4-5-7-16(14)24(22,23)21(2)3/h4-11H,12H2,1-3H3,(H3,18,19,20). The zero-order valence-corrected chi connectivity index (χ0v) is 14.8. The molecule has 24 heavy (non-hydrogen) atoms. The molecule has 0 aliphatic rings. The van der Waals surface area contributed by atoms with Crippen LogP contribution < -0.4 is 11.1 Å². The van der Waals surface area contributed by atoms with E-state index in [2.05, 4.69) is 10.3 Å². The quantitative estimate of drug-likeness (QED) is 0.641. The predicted molar refractivity (Wildman–Crippen MR) is 97.4 cm³/mol. The summed E-state index contributed by atoms with van der Waals surface area (Å²) < 4.78 is 25.9. The average molecular weight is 346 g/mol. The van der Waals surface area contributed by atoms with Crippen LogP contribution >= 0.6 is 0 Å². The summed E-state index contributed by atoms with van der Waals surface area (Å²) in [6.45, 7) is 2.18. The van der Waals surface area contributed by atoms with Crippen molar-refractivity contribution in [3.05, 3.63) is 59.7 Å². The molecule has 0 amide bonds. The molecule has 0 heterocycles. The van der Waals surface area contributed by atoms with Gasteiger partial charge in [-0.15, -0.1) is 0 Å². The zero-order chi connectivity index (χ0) is 17.7. The van der Waals surface area contributed by atoms with Crippen LogP contribution in [0.3, 0.4) is 0 Å². The van der Waals surface area contributed by atoms with Gasteiger partial charge in [0.1, 0.15) is 0 Å². The van der Waals surface area contributed by atoms with Gasteiger partial charge in [-0.05, 0) is 30.7 Å². The van der Waals surface area contributed by atoms with E-state index in [9.17, 15) is 8.42 Å². The van der Waals surface area contributed by atoms with Crippen molar-refractivity contribution >= 4 is 21.7 Å². The number of hydrogen-bond acceptors (Lipinski definition) is 3. The summed E-state index contributed by atoms with van der Waals surface area (Å²) in [7, 11) is -0.511. The van der Waals surface area contributed by atoms with Gasteiger partial charge in [0.2, 0.25) is 10.0 Å². The first-order valence-corrected chi connectivity index (χ1v) is 8.89. The average Bonchev–Trinajstić information content (AvgIpc) is 2.55.